The van der Waals surface area contributed by atoms with Crippen molar-refractivity contribution in [2.24, 2.45) is 5.92 Å². The summed E-state index contributed by atoms with van der Waals surface area (Å²) in [5.74, 6) is 0.738. The molecule has 5 heteroatoms. The molecule has 2 atom stereocenters. The zero-order chi connectivity index (χ0) is 15.8. The quantitative estimate of drug-likeness (QED) is 0.930. The Hall–Kier alpha value is -1.36. The third kappa shape index (κ3) is 2.80. The molecule has 5 nitrogen and oxygen atoms in total. The summed E-state index contributed by atoms with van der Waals surface area (Å²) in [7, 11) is 1.96. The second-order valence-electron chi connectivity index (χ2n) is 7.57. The molecule has 0 spiro atoms. The number of fused-ring (bicyclic) bond motifs is 2. The van der Waals surface area contributed by atoms with E-state index in [9.17, 15) is 4.79 Å². The fourth-order valence-electron chi connectivity index (χ4n) is 4.90. The van der Waals surface area contributed by atoms with E-state index >= 15 is 0 Å². The number of aryl methyl sites for hydroxylation is 1. The van der Waals surface area contributed by atoms with Crippen molar-refractivity contribution in [2.75, 3.05) is 26.7 Å². The summed E-state index contributed by atoms with van der Waals surface area (Å²) in [6.45, 7) is 3.39. The zero-order valence-electron chi connectivity index (χ0n) is 14.2. The average molecular weight is 316 g/mol. The standard InChI is InChI=1S/C18H28N4O/c1-21(18(23)17-14-7-4-8-15(14)19-20-17)12-13-6-5-11-22-10-3-2-9-16(13)22/h13,16H,2-12H2,1H3,(H,19,20)/t13-,16-/m1/s1. The fraction of sp³-hybridized carbons (Fsp3) is 0.778. The van der Waals surface area contributed by atoms with Gasteiger partial charge < -0.3 is 9.80 Å². The molecule has 0 unspecified atom stereocenters. The monoisotopic (exact) mass is 316 g/mol. The Balaban J connectivity index is 1.44. The molecule has 1 N–H and O–H groups in total. The third-order valence-corrected chi connectivity index (χ3v) is 6.09. The van der Waals surface area contributed by atoms with Gasteiger partial charge >= 0.3 is 0 Å². The number of carbonyl (C=O) groups is 1. The van der Waals surface area contributed by atoms with Crippen molar-refractivity contribution in [1.82, 2.24) is 20.0 Å². The highest BCUT2D eigenvalue weighted by atomic mass is 16.2. The Morgan fingerprint density at radius 2 is 2.09 bits per heavy atom. The second kappa shape index (κ2) is 6.27. The van der Waals surface area contributed by atoms with Crippen molar-refractivity contribution < 1.29 is 4.79 Å². The molecule has 1 aromatic heterocycles. The van der Waals surface area contributed by atoms with Gasteiger partial charge in [0.05, 0.1) is 0 Å². The van der Waals surface area contributed by atoms with Gasteiger partial charge in [-0.15, -0.1) is 0 Å². The van der Waals surface area contributed by atoms with Crippen molar-refractivity contribution in [3.63, 3.8) is 0 Å². The van der Waals surface area contributed by atoms with E-state index in [0.717, 1.165) is 25.8 Å². The third-order valence-electron chi connectivity index (χ3n) is 6.09. The largest absolute Gasteiger partial charge is 0.340 e. The molecule has 2 saturated heterocycles. The van der Waals surface area contributed by atoms with Crippen LogP contribution in [0.4, 0.5) is 0 Å². The van der Waals surface area contributed by atoms with Gasteiger partial charge in [-0.1, -0.05) is 6.42 Å². The van der Waals surface area contributed by atoms with E-state index in [1.54, 1.807) is 0 Å². The zero-order valence-corrected chi connectivity index (χ0v) is 14.2. The van der Waals surface area contributed by atoms with Gasteiger partial charge in [-0.05, 0) is 64.0 Å². The van der Waals surface area contributed by atoms with Gasteiger partial charge in [0, 0.05) is 30.9 Å². The van der Waals surface area contributed by atoms with Crippen molar-refractivity contribution in [3.05, 3.63) is 17.0 Å². The molecule has 126 valence electrons. The molecule has 0 bridgehead atoms. The lowest BCUT2D eigenvalue weighted by Crippen LogP contribution is -2.51. The van der Waals surface area contributed by atoms with Gasteiger partial charge in [0.1, 0.15) is 0 Å². The lowest BCUT2D eigenvalue weighted by atomic mass is 9.83. The lowest BCUT2D eigenvalue weighted by Gasteiger charge is -2.45. The number of amides is 1. The van der Waals surface area contributed by atoms with Crippen LogP contribution in [0.3, 0.4) is 0 Å². The molecular formula is C18H28N4O. The molecule has 1 amide bonds. The molecule has 23 heavy (non-hydrogen) atoms. The maximum absolute atomic E-state index is 12.8. The van der Waals surface area contributed by atoms with E-state index in [-0.39, 0.29) is 5.91 Å². The van der Waals surface area contributed by atoms with Crippen molar-refractivity contribution in [1.29, 1.82) is 0 Å². The summed E-state index contributed by atoms with van der Waals surface area (Å²) in [6, 6.07) is 0.692. The molecule has 0 radical (unpaired) electrons. The average Bonchev–Trinajstić information content (AvgIpc) is 3.18. The Bertz CT molecular complexity index is 580. The minimum Gasteiger partial charge on any atom is -0.340 e. The number of piperidine rings is 2. The summed E-state index contributed by atoms with van der Waals surface area (Å²) in [6.07, 6.45) is 9.73. The highest BCUT2D eigenvalue weighted by Crippen LogP contribution is 2.31. The van der Waals surface area contributed by atoms with E-state index in [4.69, 9.17) is 0 Å². The molecule has 3 heterocycles. The number of nitrogens with one attached hydrogen (secondary N) is 1. The second-order valence-corrected chi connectivity index (χ2v) is 7.57. The minimum absolute atomic E-state index is 0.109. The first-order chi connectivity index (χ1) is 11.2. The predicted molar refractivity (Wildman–Crippen MR) is 89.5 cm³/mol. The van der Waals surface area contributed by atoms with Crippen LogP contribution < -0.4 is 0 Å². The Morgan fingerprint density at radius 3 is 3.00 bits per heavy atom. The summed E-state index contributed by atoms with van der Waals surface area (Å²) >= 11 is 0. The Labute approximate surface area is 138 Å². The molecule has 0 saturated carbocycles. The minimum atomic E-state index is 0.109. The van der Waals surface area contributed by atoms with Crippen LogP contribution in [0.2, 0.25) is 0 Å². The number of hydrogen-bond donors (Lipinski definition) is 1. The number of nitrogens with zero attached hydrogens (tertiary/aromatic N) is 3. The molecule has 1 aliphatic carbocycles. The van der Waals surface area contributed by atoms with E-state index in [2.05, 4.69) is 15.1 Å². The molecular weight excluding hydrogens is 288 g/mol. The highest BCUT2D eigenvalue weighted by Gasteiger charge is 2.35. The number of H-pyrrole nitrogens is 1. The van der Waals surface area contributed by atoms with Crippen LogP contribution in [0, 0.1) is 5.92 Å². The summed E-state index contributed by atoms with van der Waals surface area (Å²) < 4.78 is 0. The number of aromatic amines is 1. The first-order valence-corrected chi connectivity index (χ1v) is 9.29. The van der Waals surface area contributed by atoms with Gasteiger partial charge in [0.2, 0.25) is 0 Å². The van der Waals surface area contributed by atoms with Crippen LogP contribution in [-0.4, -0.2) is 58.6 Å². The Morgan fingerprint density at radius 1 is 1.22 bits per heavy atom. The van der Waals surface area contributed by atoms with Crippen LogP contribution in [0.25, 0.3) is 0 Å². The fourth-order valence-corrected chi connectivity index (χ4v) is 4.90. The van der Waals surface area contributed by atoms with Crippen LogP contribution in [-0.2, 0) is 12.8 Å². The number of rotatable bonds is 3. The van der Waals surface area contributed by atoms with Gasteiger partial charge in [-0.2, -0.15) is 5.10 Å². The van der Waals surface area contributed by atoms with Crippen molar-refractivity contribution in [3.8, 4) is 0 Å². The number of carbonyl (C=O) groups excluding carboxylic acids is 1. The van der Waals surface area contributed by atoms with Crippen LogP contribution in [0.1, 0.15) is 60.3 Å². The first-order valence-electron chi connectivity index (χ1n) is 9.29. The predicted octanol–water partition coefficient (Wildman–Crippen LogP) is 2.23. The number of aromatic nitrogens is 2. The first kappa shape index (κ1) is 15.2. The molecule has 2 aliphatic heterocycles. The van der Waals surface area contributed by atoms with E-state index in [0.29, 0.717) is 17.7 Å². The summed E-state index contributed by atoms with van der Waals surface area (Å²) in [5, 5.41) is 7.37. The van der Waals surface area contributed by atoms with Crippen molar-refractivity contribution >= 4 is 5.91 Å². The van der Waals surface area contributed by atoms with Crippen LogP contribution in [0.5, 0.6) is 0 Å². The van der Waals surface area contributed by atoms with Gasteiger partial charge in [0.25, 0.3) is 5.91 Å². The topological polar surface area (TPSA) is 52.2 Å². The van der Waals surface area contributed by atoms with Crippen LogP contribution >= 0.6 is 0 Å². The Kier molecular flexibility index (Phi) is 4.14. The maximum Gasteiger partial charge on any atom is 0.274 e. The molecule has 0 aromatic carbocycles. The van der Waals surface area contributed by atoms with Gasteiger partial charge in [-0.3, -0.25) is 9.89 Å². The summed E-state index contributed by atoms with van der Waals surface area (Å²) in [4.78, 5) is 17.4. The SMILES string of the molecule is CN(C[C@H]1CCCN2CCCC[C@H]12)C(=O)c1n[nH]c2c1CCC2. The number of hydrogen-bond acceptors (Lipinski definition) is 3. The highest BCUT2D eigenvalue weighted by molar-refractivity contribution is 5.94. The molecule has 2 fully saturated rings. The lowest BCUT2D eigenvalue weighted by molar-refractivity contribution is 0.0400. The molecule has 4 rings (SSSR count). The maximum atomic E-state index is 12.8. The van der Waals surface area contributed by atoms with E-state index in [1.807, 2.05) is 11.9 Å². The normalized spacial score (nSPS) is 27.5. The smallest absolute Gasteiger partial charge is 0.274 e. The van der Waals surface area contributed by atoms with Crippen molar-refractivity contribution in [2.45, 2.75) is 57.4 Å². The van der Waals surface area contributed by atoms with Gasteiger partial charge in [0.15, 0.2) is 5.69 Å². The van der Waals surface area contributed by atoms with Crippen LogP contribution in [0.15, 0.2) is 0 Å². The van der Waals surface area contributed by atoms with E-state index in [1.165, 1.54) is 56.5 Å². The summed E-state index contributed by atoms with van der Waals surface area (Å²) in [5.41, 5.74) is 3.03. The molecule has 1 aromatic rings. The van der Waals surface area contributed by atoms with E-state index < -0.39 is 0 Å². The molecule has 3 aliphatic rings. The van der Waals surface area contributed by atoms with Gasteiger partial charge in [-0.25, -0.2) is 0 Å².